The van der Waals surface area contributed by atoms with E-state index in [1.165, 1.54) is 18.9 Å². The second-order valence-corrected chi connectivity index (χ2v) is 7.05. The van der Waals surface area contributed by atoms with Crippen LogP contribution >= 0.6 is 39.9 Å². The normalized spacial score (nSPS) is 15.4. The van der Waals surface area contributed by atoms with E-state index >= 15 is 0 Å². The van der Waals surface area contributed by atoms with Gasteiger partial charge in [0.15, 0.2) is 18.1 Å². The number of rotatable bonds is 6. The maximum atomic E-state index is 11.8. The molecule has 24 heavy (non-hydrogen) atoms. The molecule has 1 heterocycles. The van der Waals surface area contributed by atoms with E-state index < -0.39 is 5.97 Å². The number of hydrogen-bond donors (Lipinski definition) is 1. The Hall–Kier alpha value is -1.58. The zero-order valence-electron chi connectivity index (χ0n) is 12.9. The average molecular weight is 432 g/mol. The molecular formula is C15H14BrNO5S2. The van der Waals surface area contributed by atoms with E-state index in [1.54, 1.807) is 18.2 Å². The molecule has 1 aromatic carbocycles. The number of benzene rings is 1. The van der Waals surface area contributed by atoms with E-state index in [0.717, 1.165) is 5.56 Å². The first kappa shape index (κ1) is 18.8. The highest BCUT2D eigenvalue weighted by atomic mass is 79.9. The third-order valence-electron chi connectivity index (χ3n) is 2.83. The van der Waals surface area contributed by atoms with Crippen LogP contribution in [0.25, 0.3) is 6.08 Å². The summed E-state index contributed by atoms with van der Waals surface area (Å²) in [6.07, 6.45) is 1.71. The van der Waals surface area contributed by atoms with Gasteiger partial charge in [-0.15, -0.1) is 0 Å². The van der Waals surface area contributed by atoms with Crippen molar-refractivity contribution in [2.75, 3.05) is 20.3 Å². The van der Waals surface area contributed by atoms with Gasteiger partial charge in [-0.1, -0.05) is 24.0 Å². The van der Waals surface area contributed by atoms with Crippen LogP contribution in [0.3, 0.4) is 0 Å². The molecule has 1 N–H and O–H groups in total. The van der Waals surface area contributed by atoms with E-state index in [1.807, 2.05) is 6.92 Å². The highest BCUT2D eigenvalue weighted by molar-refractivity contribution is 9.10. The molecule has 128 valence electrons. The van der Waals surface area contributed by atoms with Crippen LogP contribution in [0.2, 0.25) is 0 Å². The van der Waals surface area contributed by atoms with E-state index in [9.17, 15) is 9.59 Å². The van der Waals surface area contributed by atoms with Crippen LogP contribution in [-0.4, -0.2) is 36.5 Å². The topological polar surface area (TPSA) is 73.9 Å². The molecule has 0 unspecified atom stereocenters. The van der Waals surface area contributed by atoms with Gasteiger partial charge < -0.3 is 19.5 Å². The van der Waals surface area contributed by atoms with Crippen LogP contribution in [0, 0.1) is 0 Å². The molecule has 0 saturated carbocycles. The number of amides is 1. The SMILES string of the molecule is CCOc1cc(/C=C2/SC(=S)NC2=O)cc(Br)c1OCC(=O)OC. The van der Waals surface area contributed by atoms with Crippen LogP contribution in [0.4, 0.5) is 0 Å². The molecule has 2 rings (SSSR count). The third kappa shape index (κ3) is 4.71. The van der Waals surface area contributed by atoms with Crippen molar-refractivity contribution < 1.29 is 23.8 Å². The highest BCUT2D eigenvalue weighted by Gasteiger charge is 2.22. The van der Waals surface area contributed by atoms with Gasteiger partial charge in [0.1, 0.15) is 4.32 Å². The smallest absolute Gasteiger partial charge is 0.343 e. The quantitative estimate of drug-likeness (QED) is 0.421. The predicted octanol–water partition coefficient (Wildman–Crippen LogP) is 2.89. The van der Waals surface area contributed by atoms with E-state index in [0.29, 0.717) is 31.8 Å². The van der Waals surface area contributed by atoms with Crippen LogP contribution < -0.4 is 14.8 Å². The van der Waals surface area contributed by atoms with Crippen LogP contribution in [0.5, 0.6) is 11.5 Å². The average Bonchev–Trinajstić information content (AvgIpc) is 2.84. The van der Waals surface area contributed by atoms with Crippen molar-refractivity contribution in [2.45, 2.75) is 6.92 Å². The highest BCUT2D eigenvalue weighted by Crippen LogP contribution is 2.38. The molecule has 1 saturated heterocycles. The Morgan fingerprint density at radius 1 is 1.42 bits per heavy atom. The lowest BCUT2D eigenvalue weighted by molar-refractivity contribution is -0.142. The van der Waals surface area contributed by atoms with E-state index in [2.05, 4.69) is 26.0 Å². The Labute approximate surface area is 157 Å². The van der Waals surface area contributed by atoms with Gasteiger partial charge >= 0.3 is 5.97 Å². The molecule has 0 aliphatic carbocycles. The molecule has 1 amide bonds. The standard InChI is InChI=1S/C15H14BrNO5S2/c1-3-21-10-5-8(6-11-14(19)17-15(23)24-11)4-9(16)13(10)22-7-12(18)20-2/h4-6H,3,7H2,1-2H3,(H,17,19,23)/b11-6+. The number of ether oxygens (including phenoxy) is 3. The molecule has 6 nitrogen and oxygen atoms in total. The predicted molar refractivity (Wildman–Crippen MR) is 99.1 cm³/mol. The van der Waals surface area contributed by atoms with Gasteiger partial charge in [-0.05, 0) is 46.6 Å². The molecule has 0 spiro atoms. The summed E-state index contributed by atoms with van der Waals surface area (Å²) in [6, 6.07) is 3.49. The van der Waals surface area contributed by atoms with Gasteiger partial charge in [0.25, 0.3) is 5.91 Å². The molecule has 0 atom stereocenters. The number of hydrogen-bond acceptors (Lipinski definition) is 7. The van der Waals surface area contributed by atoms with Gasteiger partial charge in [0.05, 0.1) is 23.1 Å². The molecule has 1 fully saturated rings. The Morgan fingerprint density at radius 3 is 2.75 bits per heavy atom. The monoisotopic (exact) mass is 431 g/mol. The molecule has 0 radical (unpaired) electrons. The minimum Gasteiger partial charge on any atom is -0.490 e. The fourth-order valence-electron chi connectivity index (χ4n) is 1.84. The van der Waals surface area contributed by atoms with Crippen LogP contribution in [0.15, 0.2) is 21.5 Å². The van der Waals surface area contributed by atoms with Crippen molar-refractivity contribution in [3.05, 3.63) is 27.1 Å². The van der Waals surface area contributed by atoms with Gasteiger partial charge in [-0.2, -0.15) is 0 Å². The molecule has 9 heteroatoms. The van der Waals surface area contributed by atoms with Crippen molar-refractivity contribution in [1.29, 1.82) is 0 Å². The third-order valence-corrected chi connectivity index (χ3v) is 4.59. The summed E-state index contributed by atoms with van der Waals surface area (Å²) < 4.78 is 16.6. The fourth-order valence-corrected chi connectivity index (χ4v) is 3.46. The van der Waals surface area contributed by atoms with Crippen molar-refractivity contribution in [1.82, 2.24) is 5.32 Å². The maximum Gasteiger partial charge on any atom is 0.343 e. The number of thioether (sulfide) groups is 1. The number of esters is 1. The van der Waals surface area contributed by atoms with Crippen LogP contribution in [-0.2, 0) is 14.3 Å². The summed E-state index contributed by atoms with van der Waals surface area (Å²) in [5, 5.41) is 2.56. The van der Waals surface area contributed by atoms with E-state index in [4.69, 9.17) is 21.7 Å². The molecule has 1 aliphatic rings. The molecule has 1 aromatic rings. The minimum atomic E-state index is -0.497. The van der Waals surface area contributed by atoms with Gasteiger partial charge in [-0.25, -0.2) is 4.79 Å². The summed E-state index contributed by atoms with van der Waals surface area (Å²) in [5.74, 6) is 0.116. The maximum absolute atomic E-state index is 11.8. The van der Waals surface area contributed by atoms with Crippen molar-refractivity contribution in [3.63, 3.8) is 0 Å². The Kier molecular flexibility index (Phi) is 6.64. The lowest BCUT2D eigenvalue weighted by Crippen LogP contribution is -2.17. The van der Waals surface area contributed by atoms with Crippen LogP contribution in [0.1, 0.15) is 12.5 Å². The van der Waals surface area contributed by atoms with Crippen molar-refractivity contribution >= 4 is 62.2 Å². The first-order valence-electron chi connectivity index (χ1n) is 6.85. The second-order valence-electron chi connectivity index (χ2n) is 4.48. The first-order chi connectivity index (χ1) is 11.4. The summed E-state index contributed by atoms with van der Waals surface area (Å²) in [5.41, 5.74) is 0.734. The fraction of sp³-hybridized carbons (Fsp3) is 0.267. The summed E-state index contributed by atoms with van der Waals surface area (Å²) in [4.78, 5) is 23.5. The van der Waals surface area contributed by atoms with Crippen molar-refractivity contribution in [2.24, 2.45) is 0 Å². The van der Waals surface area contributed by atoms with Gasteiger partial charge in [0.2, 0.25) is 0 Å². The second kappa shape index (κ2) is 8.50. The zero-order valence-corrected chi connectivity index (χ0v) is 16.1. The minimum absolute atomic E-state index is 0.231. The number of halogens is 1. The molecule has 1 aliphatic heterocycles. The lowest BCUT2D eigenvalue weighted by Gasteiger charge is -2.14. The Morgan fingerprint density at radius 2 is 2.17 bits per heavy atom. The molecular weight excluding hydrogens is 418 g/mol. The molecule has 0 aromatic heterocycles. The Balaban J connectivity index is 2.32. The number of methoxy groups -OCH3 is 1. The first-order valence-corrected chi connectivity index (χ1v) is 8.87. The lowest BCUT2D eigenvalue weighted by atomic mass is 10.2. The summed E-state index contributed by atoms with van der Waals surface area (Å²) in [6.45, 7) is 2.02. The number of carbonyl (C=O) groups is 2. The van der Waals surface area contributed by atoms with Gasteiger partial charge in [-0.3, -0.25) is 4.79 Å². The Bertz CT molecular complexity index is 720. The summed E-state index contributed by atoms with van der Waals surface area (Å²) >= 11 is 9.56. The number of carbonyl (C=O) groups excluding carboxylic acids is 2. The van der Waals surface area contributed by atoms with E-state index in [-0.39, 0.29) is 12.5 Å². The zero-order chi connectivity index (χ0) is 17.7. The summed E-state index contributed by atoms with van der Waals surface area (Å²) in [7, 11) is 1.29. The largest absolute Gasteiger partial charge is 0.490 e. The number of thiocarbonyl (C=S) groups is 1. The van der Waals surface area contributed by atoms with Gasteiger partial charge in [0, 0.05) is 0 Å². The van der Waals surface area contributed by atoms with Crippen molar-refractivity contribution in [3.8, 4) is 11.5 Å². The number of nitrogens with one attached hydrogen (secondary N) is 1. The molecule has 0 bridgehead atoms.